The smallest absolute Gasteiger partial charge is 0.134 e. The van der Waals surface area contributed by atoms with Gasteiger partial charge < -0.3 is 14.3 Å². The van der Waals surface area contributed by atoms with Gasteiger partial charge >= 0.3 is 0 Å². The monoisotopic (exact) mass is 240 g/mol. The Morgan fingerprint density at radius 1 is 0.944 bits per heavy atom. The minimum absolute atomic E-state index is 0.0937. The second-order valence-electron chi connectivity index (χ2n) is 3.99. The average Bonchev–Trinajstić information content (AvgIpc) is 2.82. The molecule has 3 rings (SSSR count). The van der Waals surface area contributed by atoms with Crippen LogP contribution in [0.5, 0.6) is 11.5 Å². The first kappa shape index (κ1) is 10.9. The summed E-state index contributed by atoms with van der Waals surface area (Å²) >= 11 is 0. The molecule has 0 atom stereocenters. The topological polar surface area (TPSA) is 42.6 Å². The van der Waals surface area contributed by atoms with Crippen LogP contribution in [0.1, 0.15) is 5.76 Å². The molecule has 18 heavy (non-hydrogen) atoms. The third-order valence-electron chi connectivity index (χ3n) is 2.67. The molecule has 0 unspecified atom stereocenters. The van der Waals surface area contributed by atoms with Crippen molar-refractivity contribution in [2.75, 3.05) is 0 Å². The van der Waals surface area contributed by atoms with Crippen molar-refractivity contribution in [1.82, 2.24) is 0 Å². The Morgan fingerprint density at radius 2 is 1.78 bits per heavy atom. The molecule has 0 radical (unpaired) electrons. The van der Waals surface area contributed by atoms with Gasteiger partial charge in [0.25, 0.3) is 0 Å². The lowest BCUT2D eigenvalue weighted by atomic mass is 10.2. The van der Waals surface area contributed by atoms with E-state index in [0.717, 1.165) is 22.5 Å². The van der Waals surface area contributed by atoms with E-state index in [1.807, 2.05) is 54.6 Å². The second-order valence-corrected chi connectivity index (χ2v) is 3.99. The van der Waals surface area contributed by atoms with Gasteiger partial charge in [-0.1, -0.05) is 18.2 Å². The summed E-state index contributed by atoms with van der Waals surface area (Å²) in [6.45, 7) is -0.0937. The van der Waals surface area contributed by atoms with Gasteiger partial charge in [-0.25, -0.2) is 0 Å². The van der Waals surface area contributed by atoms with Crippen molar-refractivity contribution in [1.29, 1.82) is 0 Å². The zero-order valence-corrected chi connectivity index (χ0v) is 9.67. The number of aliphatic hydroxyl groups excluding tert-OH is 1. The lowest BCUT2D eigenvalue weighted by Crippen LogP contribution is -1.82. The average molecular weight is 240 g/mol. The summed E-state index contributed by atoms with van der Waals surface area (Å²) in [6, 6.07) is 17.0. The molecule has 0 spiro atoms. The lowest BCUT2D eigenvalue weighted by Gasteiger charge is -2.04. The Morgan fingerprint density at radius 3 is 2.56 bits per heavy atom. The highest BCUT2D eigenvalue weighted by molar-refractivity contribution is 5.79. The van der Waals surface area contributed by atoms with Crippen LogP contribution >= 0.6 is 0 Å². The molecule has 0 aliphatic rings. The number of para-hydroxylation sites is 1. The molecular weight excluding hydrogens is 228 g/mol. The van der Waals surface area contributed by atoms with Crippen LogP contribution in [0.25, 0.3) is 11.0 Å². The van der Waals surface area contributed by atoms with Crippen molar-refractivity contribution in [2.45, 2.75) is 6.61 Å². The molecule has 1 aromatic heterocycles. The van der Waals surface area contributed by atoms with Crippen molar-refractivity contribution in [3.63, 3.8) is 0 Å². The molecule has 2 aromatic carbocycles. The lowest BCUT2D eigenvalue weighted by molar-refractivity contribution is 0.251. The molecule has 1 heterocycles. The summed E-state index contributed by atoms with van der Waals surface area (Å²) in [6.07, 6.45) is 0. The first-order chi connectivity index (χ1) is 8.85. The Kier molecular flexibility index (Phi) is 2.74. The van der Waals surface area contributed by atoms with E-state index in [4.69, 9.17) is 14.3 Å². The van der Waals surface area contributed by atoms with Gasteiger partial charge in [-0.3, -0.25) is 0 Å². The van der Waals surface area contributed by atoms with Crippen LogP contribution in [0, 0.1) is 0 Å². The summed E-state index contributed by atoms with van der Waals surface area (Å²) in [7, 11) is 0. The number of benzene rings is 2. The number of fused-ring (bicyclic) bond motifs is 1. The van der Waals surface area contributed by atoms with Crippen LogP contribution in [0.3, 0.4) is 0 Å². The Bertz CT molecular complexity index is 656. The minimum atomic E-state index is -0.0937. The van der Waals surface area contributed by atoms with Gasteiger partial charge in [-0.2, -0.15) is 0 Å². The summed E-state index contributed by atoms with van der Waals surface area (Å²) < 4.78 is 11.1. The molecule has 90 valence electrons. The van der Waals surface area contributed by atoms with Crippen molar-refractivity contribution in [2.24, 2.45) is 0 Å². The van der Waals surface area contributed by atoms with E-state index >= 15 is 0 Å². The van der Waals surface area contributed by atoms with Crippen molar-refractivity contribution >= 4 is 11.0 Å². The van der Waals surface area contributed by atoms with E-state index in [1.54, 1.807) is 0 Å². The van der Waals surface area contributed by atoms with E-state index < -0.39 is 0 Å². The molecule has 3 aromatic rings. The van der Waals surface area contributed by atoms with E-state index in [9.17, 15) is 0 Å². The molecule has 1 N–H and O–H groups in total. The maximum atomic E-state index is 9.02. The quantitative estimate of drug-likeness (QED) is 0.758. The third kappa shape index (κ3) is 2.08. The van der Waals surface area contributed by atoms with Gasteiger partial charge in [0.15, 0.2) is 0 Å². The highest BCUT2D eigenvalue weighted by Gasteiger charge is 2.04. The molecule has 0 aliphatic heterocycles. The number of rotatable bonds is 3. The highest BCUT2D eigenvalue weighted by Crippen LogP contribution is 2.27. The van der Waals surface area contributed by atoms with Crippen molar-refractivity contribution in [3.8, 4) is 11.5 Å². The summed E-state index contributed by atoms with van der Waals surface area (Å²) in [4.78, 5) is 0. The molecule has 3 heteroatoms. The number of furan rings is 1. The number of hydrogen-bond donors (Lipinski definition) is 1. The van der Waals surface area contributed by atoms with Crippen LogP contribution in [0.15, 0.2) is 59.0 Å². The van der Waals surface area contributed by atoms with Crippen LogP contribution in [0.4, 0.5) is 0 Å². The largest absolute Gasteiger partial charge is 0.459 e. The maximum Gasteiger partial charge on any atom is 0.134 e. The maximum absolute atomic E-state index is 9.02. The van der Waals surface area contributed by atoms with E-state index in [2.05, 4.69) is 0 Å². The Labute approximate surface area is 104 Å². The van der Waals surface area contributed by atoms with Crippen LogP contribution < -0.4 is 4.74 Å². The van der Waals surface area contributed by atoms with Gasteiger partial charge in [0, 0.05) is 5.39 Å². The zero-order valence-electron chi connectivity index (χ0n) is 9.67. The normalized spacial score (nSPS) is 10.7. The fourth-order valence-electron chi connectivity index (χ4n) is 1.84. The fourth-order valence-corrected chi connectivity index (χ4v) is 1.84. The van der Waals surface area contributed by atoms with Gasteiger partial charge in [-0.05, 0) is 36.4 Å². The summed E-state index contributed by atoms with van der Waals surface area (Å²) in [5, 5.41) is 9.94. The number of hydrogen-bond acceptors (Lipinski definition) is 3. The van der Waals surface area contributed by atoms with Crippen LogP contribution in [-0.2, 0) is 6.61 Å². The third-order valence-corrected chi connectivity index (χ3v) is 2.67. The molecule has 3 nitrogen and oxygen atoms in total. The minimum Gasteiger partial charge on any atom is -0.459 e. The Hall–Kier alpha value is -2.26. The molecule has 0 aliphatic carbocycles. The van der Waals surface area contributed by atoms with Crippen LogP contribution in [0.2, 0.25) is 0 Å². The zero-order chi connectivity index (χ0) is 12.4. The van der Waals surface area contributed by atoms with E-state index in [1.165, 1.54) is 0 Å². The van der Waals surface area contributed by atoms with Crippen molar-refractivity contribution in [3.05, 3.63) is 60.4 Å². The summed E-state index contributed by atoms with van der Waals surface area (Å²) in [5.41, 5.74) is 0.750. The molecule has 0 fully saturated rings. The van der Waals surface area contributed by atoms with E-state index in [-0.39, 0.29) is 6.61 Å². The van der Waals surface area contributed by atoms with Gasteiger partial charge in [-0.15, -0.1) is 0 Å². The van der Waals surface area contributed by atoms with Gasteiger partial charge in [0.2, 0.25) is 0 Å². The van der Waals surface area contributed by atoms with Crippen molar-refractivity contribution < 1.29 is 14.3 Å². The first-order valence-electron chi connectivity index (χ1n) is 5.71. The molecule has 0 saturated heterocycles. The predicted molar refractivity (Wildman–Crippen MR) is 68.7 cm³/mol. The van der Waals surface area contributed by atoms with Gasteiger partial charge in [0.1, 0.15) is 29.4 Å². The van der Waals surface area contributed by atoms with Crippen LogP contribution in [-0.4, -0.2) is 5.11 Å². The predicted octanol–water partition coefficient (Wildman–Crippen LogP) is 3.72. The van der Waals surface area contributed by atoms with Gasteiger partial charge in [0.05, 0.1) is 0 Å². The highest BCUT2D eigenvalue weighted by atomic mass is 16.5. The molecule has 0 amide bonds. The van der Waals surface area contributed by atoms with E-state index in [0.29, 0.717) is 5.76 Å². The summed E-state index contributed by atoms with van der Waals surface area (Å²) in [5.74, 6) is 2.10. The Balaban J connectivity index is 1.93. The molecule has 0 bridgehead atoms. The fraction of sp³-hybridized carbons (Fsp3) is 0.0667. The standard InChI is InChI=1S/C15H12O3/c16-10-14-9-11-8-13(6-7-15(11)18-14)17-12-4-2-1-3-5-12/h1-9,16H,10H2. The molecule has 0 saturated carbocycles. The number of ether oxygens (including phenoxy) is 1. The SMILES string of the molecule is OCc1cc2cc(Oc3ccccc3)ccc2o1. The second kappa shape index (κ2) is 4.55. The first-order valence-corrected chi connectivity index (χ1v) is 5.71. The number of aliphatic hydroxyl groups is 1. The molecular formula is C15H12O3.